The second-order valence-corrected chi connectivity index (χ2v) is 5.79. The van der Waals surface area contributed by atoms with Crippen molar-refractivity contribution in [2.24, 2.45) is 14.1 Å². The van der Waals surface area contributed by atoms with E-state index in [2.05, 4.69) is 10.3 Å². The zero-order chi connectivity index (χ0) is 18.0. The lowest BCUT2D eigenvalue weighted by Crippen LogP contribution is -2.37. The molecule has 7 nitrogen and oxygen atoms in total. The largest absolute Gasteiger partial charge is 0.497 e. The van der Waals surface area contributed by atoms with Crippen molar-refractivity contribution in [2.75, 3.05) is 19.0 Å². The lowest BCUT2D eigenvalue weighted by molar-refractivity contribution is 0.414. The molecular weight excluding hydrogens is 320 g/mol. The lowest BCUT2D eigenvalue weighted by atomic mass is 10.1. The van der Waals surface area contributed by atoms with E-state index in [1.165, 1.54) is 11.6 Å². The molecule has 0 bridgehead atoms. The maximum atomic E-state index is 12.5. The minimum absolute atomic E-state index is 0.352. The fraction of sp³-hybridized carbons (Fsp3) is 0.278. The molecule has 0 radical (unpaired) electrons. The van der Waals surface area contributed by atoms with Gasteiger partial charge in [-0.15, -0.1) is 0 Å². The molecule has 0 aliphatic carbocycles. The molecule has 1 N–H and O–H groups in total. The van der Waals surface area contributed by atoms with Gasteiger partial charge in [0.15, 0.2) is 5.65 Å². The van der Waals surface area contributed by atoms with Crippen LogP contribution in [-0.4, -0.2) is 27.8 Å². The van der Waals surface area contributed by atoms with Gasteiger partial charge in [-0.2, -0.15) is 0 Å². The smallest absolute Gasteiger partial charge is 0.332 e. The Kier molecular flexibility index (Phi) is 4.56. The standard InChI is InChI=1S/C18H20N4O3/c1-21-16-15(17(23)22(2)18(21)24)14(8-10-20-16)19-9-7-12-5-4-6-13(11-12)25-3/h4-6,8,10-11H,7,9H2,1-3H3,(H,19,20). The van der Waals surface area contributed by atoms with Crippen LogP contribution in [-0.2, 0) is 20.5 Å². The van der Waals surface area contributed by atoms with Gasteiger partial charge < -0.3 is 10.1 Å². The van der Waals surface area contributed by atoms with Crippen LogP contribution in [0.3, 0.4) is 0 Å². The average molecular weight is 340 g/mol. The number of ether oxygens (including phenoxy) is 1. The highest BCUT2D eigenvalue weighted by atomic mass is 16.5. The fourth-order valence-corrected chi connectivity index (χ4v) is 2.80. The van der Waals surface area contributed by atoms with E-state index < -0.39 is 5.69 Å². The highest BCUT2D eigenvalue weighted by molar-refractivity contribution is 5.88. The molecule has 0 saturated carbocycles. The molecule has 7 heteroatoms. The monoisotopic (exact) mass is 340 g/mol. The van der Waals surface area contributed by atoms with Crippen molar-refractivity contribution in [3.63, 3.8) is 0 Å². The van der Waals surface area contributed by atoms with Crippen LogP contribution in [0.25, 0.3) is 11.0 Å². The number of rotatable bonds is 5. The van der Waals surface area contributed by atoms with Gasteiger partial charge in [0.1, 0.15) is 11.1 Å². The third kappa shape index (κ3) is 3.13. The van der Waals surface area contributed by atoms with E-state index in [1.54, 1.807) is 26.4 Å². The van der Waals surface area contributed by atoms with Crippen molar-refractivity contribution in [2.45, 2.75) is 6.42 Å². The number of aromatic nitrogens is 3. The number of hydrogen-bond donors (Lipinski definition) is 1. The predicted octanol–water partition coefficient (Wildman–Crippen LogP) is 1.30. The molecule has 0 aliphatic rings. The van der Waals surface area contributed by atoms with Gasteiger partial charge in [-0.1, -0.05) is 12.1 Å². The zero-order valence-electron chi connectivity index (χ0n) is 14.4. The van der Waals surface area contributed by atoms with Gasteiger partial charge >= 0.3 is 5.69 Å². The van der Waals surface area contributed by atoms with Gasteiger partial charge in [-0.25, -0.2) is 9.78 Å². The van der Waals surface area contributed by atoms with E-state index >= 15 is 0 Å². The number of fused-ring (bicyclic) bond motifs is 1. The topological polar surface area (TPSA) is 78.2 Å². The molecule has 25 heavy (non-hydrogen) atoms. The molecule has 2 heterocycles. The van der Waals surface area contributed by atoms with Gasteiger partial charge in [0, 0.05) is 26.8 Å². The van der Waals surface area contributed by atoms with Crippen LogP contribution < -0.4 is 21.3 Å². The van der Waals surface area contributed by atoms with E-state index in [1.807, 2.05) is 24.3 Å². The molecule has 2 aromatic heterocycles. The third-order valence-electron chi connectivity index (χ3n) is 4.20. The molecule has 3 aromatic rings. The highest BCUT2D eigenvalue weighted by Crippen LogP contribution is 2.17. The summed E-state index contributed by atoms with van der Waals surface area (Å²) in [6, 6.07) is 9.60. The molecule has 0 unspecified atom stereocenters. The summed E-state index contributed by atoms with van der Waals surface area (Å²) in [6.45, 7) is 0.637. The summed E-state index contributed by atoms with van der Waals surface area (Å²) in [7, 11) is 4.72. The van der Waals surface area contributed by atoms with Crippen LogP contribution in [0.5, 0.6) is 5.75 Å². The lowest BCUT2D eigenvalue weighted by Gasteiger charge is -2.12. The Morgan fingerprint density at radius 1 is 1.16 bits per heavy atom. The van der Waals surface area contributed by atoms with Crippen molar-refractivity contribution < 1.29 is 4.74 Å². The quantitative estimate of drug-likeness (QED) is 0.757. The van der Waals surface area contributed by atoms with Crippen molar-refractivity contribution >= 4 is 16.7 Å². The molecule has 0 fully saturated rings. The van der Waals surface area contributed by atoms with Crippen LogP contribution in [0.15, 0.2) is 46.1 Å². The number of nitrogens with zero attached hydrogens (tertiary/aromatic N) is 3. The second kappa shape index (κ2) is 6.80. The maximum Gasteiger partial charge on any atom is 0.332 e. The van der Waals surface area contributed by atoms with Crippen molar-refractivity contribution in [1.82, 2.24) is 14.1 Å². The number of pyridine rings is 1. The van der Waals surface area contributed by atoms with E-state index in [0.717, 1.165) is 22.3 Å². The van der Waals surface area contributed by atoms with Crippen LogP contribution in [0.2, 0.25) is 0 Å². The summed E-state index contributed by atoms with van der Waals surface area (Å²) in [5, 5.41) is 3.69. The molecule has 0 aliphatic heterocycles. The second-order valence-electron chi connectivity index (χ2n) is 5.79. The van der Waals surface area contributed by atoms with E-state index in [-0.39, 0.29) is 5.56 Å². The number of anilines is 1. The first-order chi connectivity index (χ1) is 12.0. The Labute approximate surface area is 144 Å². The van der Waals surface area contributed by atoms with Gasteiger partial charge in [0.25, 0.3) is 5.56 Å². The molecule has 0 saturated heterocycles. The van der Waals surface area contributed by atoms with Gasteiger partial charge in [-0.05, 0) is 30.2 Å². The van der Waals surface area contributed by atoms with E-state index in [4.69, 9.17) is 4.74 Å². The summed E-state index contributed by atoms with van der Waals surface area (Å²) in [5.41, 5.74) is 1.43. The first-order valence-corrected chi connectivity index (χ1v) is 7.94. The van der Waals surface area contributed by atoms with Crippen LogP contribution in [0.1, 0.15) is 5.56 Å². The summed E-state index contributed by atoms with van der Waals surface area (Å²) < 4.78 is 7.70. The Morgan fingerprint density at radius 3 is 2.72 bits per heavy atom. The van der Waals surface area contributed by atoms with E-state index in [9.17, 15) is 9.59 Å². The Morgan fingerprint density at radius 2 is 1.96 bits per heavy atom. The fourth-order valence-electron chi connectivity index (χ4n) is 2.80. The van der Waals surface area contributed by atoms with Crippen molar-refractivity contribution in [3.05, 3.63) is 62.9 Å². The Bertz CT molecular complexity index is 1040. The minimum atomic E-state index is -0.390. The number of methoxy groups -OCH3 is 1. The minimum Gasteiger partial charge on any atom is -0.497 e. The molecule has 0 spiro atoms. The molecule has 130 valence electrons. The maximum absolute atomic E-state index is 12.5. The Balaban J connectivity index is 1.89. The summed E-state index contributed by atoms with van der Waals surface area (Å²) in [6.07, 6.45) is 2.36. The molecule has 1 aromatic carbocycles. The van der Waals surface area contributed by atoms with Crippen molar-refractivity contribution in [1.29, 1.82) is 0 Å². The number of benzene rings is 1. The SMILES string of the molecule is COc1cccc(CCNc2ccnc3c2c(=O)n(C)c(=O)n3C)c1. The summed E-state index contributed by atoms with van der Waals surface area (Å²) in [5.74, 6) is 0.815. The normalized spacial score (nSPS) is 10.8. The number of nitrogens with one attached hydrogen (secondary N) is 1. The molecule has 0 amide bonds. The average Bonchev–Trinajstić information content (AvgIpc) is 2.64. The molecule has 3 rings (SSSR count). The Hall–Kier alpha value is -3.09. The number of hydrogen-bond acceptors (Lipinski definition) is 5. The van der Waals surface area contributed by atoms with E-state index in [0.29, 0.717) is 23.3 Å². The van der Waals surface area contributed by atoms with Crippen molar-refractivity contribution in [3.8, 4) is 5.75 Å². The third-order valence-corrected chi connectivity index (χ3v) is 4.20. The van der Waals surface area contributed by atoms with Crippen LogP contribution in [0, 0.1) is 0 Å². The van der Waals surface area contributed by atoms with Gasteiger partial charge in [0.2, 0.25) is 0 Å². The first-order valence-electron chi connectivity index (χ1n) is 7.94. The first kappa shape index (κ1) is 16.8. The summed E-state index contributed by atoms with van der Waals surface area (Å²) >= 11 is 0. The molecule has 0 atom stereocenters. The van der Waals surface area contributed by atoms with Crippen LogP contribution in [0.4, 0.5) is 5.69 Å². The zero-order valence-corrected chi connectivity index (χ0v) is 14.4. The number of aryl methyl sites for hydroxylation is 1. The van der Waals surface area contributed by atoms with Crippen LogP contribution >= 0.6 is 0 Å². The molecular formula is C18H20N4O3. The predicted molar refractivity (Wildman–Crippen MR) is 97.4 cm³/mol. The highest BCUT2D eigenvalue weighted by Gasteiger charge is 2.13. The summed E-state index contributed by atoms with van der Waals surface area (Å²) in [4.78, 5) is 28.7. The van der Waals surface area contributed by atoms with Gasteiger partial charge in [-0.3, -0.25) is 13.9 Å². The van der Waals surface area contributed by atoms with Gasteiger partial charge in [0.05, 0.1) is 12.8 Å².